The van der Waals surface area contributed by atoms with Crippen LogP contribution in [0.5, 0.6) is 0 Å². The van der Waals surface area contributed by atoms with Crippen LogP contribution in [0.2, 0.25) is 0 Å². The van der Waals surface area contributed by atoms with Gasteiger partial charge in [-0.2, -0.15) is 5.10 Å². The number of hydrogen-bond acceptors (Lipinski definition) is 4. The van der Waals surface area contributed by atoms with E-state index >= 15 is 0 Å². The standard InChI is InChI=1S/C24H26F2N6O/c25-19-2-1-18(12-20(19)26)15-30-7-3-16(4-8-30)11-17-5-10-32-21(13-17)22(14-28-32)31-9-6-23(33)29-24(31)27/h1-2,5,10,12-14,16H,3-4,6-9,11,15H2,(H2,27,29,33). The number of anilines is 1. The lowest BCUT2D eigenvalue weighted by Gasteiger charge is -2.32. The minimum atomic E-state index is -0.808. The van der Waals surface area contributed by atoms with Crippen molar-refractivity contribution in [1.29, 1.82) is 5.41 Å². The molecule has 2 aromatic heterocycles. The predicted molar refractivity (Wildman–Crippen MR) is 121 cm³/mol. The van der Waals surface area contributed by atoms with Crippen molar-refractivity contribution in [2.45, 2.75) is 32.2 Å². The number of fused-ring (bicyclic) bond motifs is 1. The van der Waals surface area contributed by atoms with E-state index in [1.165, 1.54) is 17.7 Å². The first-order valence-electron chi connectivity index (χ1n) is 11.2. The number of aromatic nitrogens is 2. The van der Waals surface area contributed by atoms with Gasteiger partial charge in [-0.3, -0.25) is 20.4 Å². The molecule has 1 amide bonds. The summed E-state index contributed by atoms with van der Waals surface area (Å²) in [4.78, 5) is 15.6. The molecule has 0 aliphatic carbocycles. The Labute approximate surface area is 190 Å². The van der Waals surface area contributed by atoms with E-state index in [0.29, 0.717) is 25.4 Å². The third-order valence-electron chi connectivity index (χ3n) is 6.57. The topological polar surface area (TPSA) is 76.7 Å². The zero-order chi connectivity index (χ0) is 22.9. The Morgan fingerprint density at radius 3 is 2.64 bits per heavy atom. The summed E-state index contributed by atoms with van der Waals surface area (Å²) in [6, 6.07) is 8.33. The second-order valence-electron chi connectivity index (χ2n) is 8.87. The van der Waals surface area contributed by atoms with Crippen LogP contribution in [0.25, 0.3) is 5.52 Å². The molecular weight excluding hydrogens is 426 g/mol. The third-order valence-corrected chi connectivity index (χ3v) is 6.57. The Kier molecular flexibility index (Phi) is 5.80. The summed E-state index contributed by atoms with van der Waals surface area (Å²) >= 11 is 0. The first-order valence-corrected chi connectivity index (χ1v) is 11.2. The van der Waals surface area contributed by atoms with Crippen LogP contribution in [0.4, 0.5) is 14.5 Å². The van der Waals surface area contributed by atoms with Crippen molar-refractivity contribution in [3.63, 3.8) is 0 Å². The van der Waals surface area contributed by atoms with E-state index in [0.717, 1.165) is 49.1 Å². The van der Waals surface area contributed by atoms with Crippen LogP contribution in [0.1, 0.15) is 30.4 Å². The number of guanidine groups is 1. The smallest absolute Gasteiger partial charge is 0.228 e. The fourth-order valence-corrected chi connectivity index (χ4v) is 4.75. The van der Waals surface area contributed by atoms with Gasteiger partial charge in [-0.1, -0.05) is 6.07 Å². The minimum Gasteiger partial charge on any atom is -0.309 e. The lowest BCUT2D eigenvalue weighted by atomic mass is 9.90. The van der Waals surface area contributed by atoms with Crippen molar-refractivity contribution < 1.29 is 13.6 Å². The number of halogens is 2. The summed E-state index contributed by atoms with van der Waals surface area (Å²) in [5.74, 6) is -1.10. The van der Waals surface area contributed by atoms with Crippen LogP contribution in [0.3, 0.4) is 0 Å². The summed E-state index contributed by atoms with van der Waals surface area (Å²) in [5.41, 5.74) is 3.76. The lowest BCUT2D eigenvalue weighted by Crippen LogP contribution is -2.50. The highest BCUT2D eigenvalue weighted by atomic mass is 19.2. The van der Waals surface area contributed by atoms with Crippen LogP contribution >= 0.6 is 0 Å². The molecule has 2 fully saturated rings. The zero-order valence-electron chi connectivity index (χ0n) is 18.2. The van der Waals surface area contributed by atoms with Crippen LogP contribution in [-0.2, 0) is 17.8 Å². The molecule has 0 atom stereocenters. The highest BCUT2D eigenvalue weighted by Gasteiger charge is 2.25. The maximum atomic E-state index is 13.5. The average molecular weight is 453 g/mol. The van der Waals surface area contributed by atoms with Crippen molar-refractivity contribution in [2.75, 3.05) is 24.5 Å². The van der Waals surface area contributed by atoms with Gasteiger partial charge in [-0.05, 0) is 73.7 Å². The molecule has 3 aromatic rings. The Bertz CT molecular complexity index is 1200. The fraction of sp³-hybridized carbons (Fsp3) is 0.375. The first kappa shape index (κ1) is 21.5. The molecule has 9 heteroatoms. The Morgan fingerprint density at radius 1 is 1.06 bits per heavy atom. The van der Waals surface area contributed by atoms with E-state index in [-0.39, 0.29) is 11.9 Å². The number of piperidine rings is 1. The van der Waals surface area contributed by atoms with Crippen molar-refractivity contribution >= 4 is 23.1 Å². The highest BCUT2D eigenvalue weighted by Crippen LogP contribution is 2.27. The van der Waals surface area contributed by atoms with Crippen molar-refractivity contribution in [1.82, 2.24) is 19.8 Å². The number of benzene rings is 1. The van der Waals surface area contributed by atoms with Crippen LogP contribution in [0.15, 0.2) is 42.7 Å². The van der Waals surface area contributed by atoms with Gasteiger partial charge < -0.3 is 4.90 Å². The molecule has 7 nitrogen and oxygen atoms in total. The van der Waals surface area contributed by atoms with Gasteiger partial charge >= 0.3 is 0 Å². The van der Waals surface area contributed by atoms with E-state index in [1.54, 1.807) is 21.7 Å². The summed E-state index contributed by atoms with van der Waals surface area (Å²) in [7, 11) is 0. The second-order valence-corrected chi connectivity index (χ2v) is 8.87. The number of amides is 1. The molecule has 33 heavy (non-hydrogen) atoms. The zero-order valence-corrected chi connectivity index (χ0v) is 18.2. The third kappa shape index (κ3) is 4.59. The van der Waals surface area contributed by atoms with Crippen LogP contribution < -0.4 is 10.2 Å². The Hall–Kier alpha value is -3.33. The number of nitrogens with zero attached hydrogens (tertiary/aromatic N) is 4. The largest absolute Gasteiger partial charge is 0.309 e. The quantitative estimate of drug-likeness (QED) is 0.623. The fourth-order valence-electron chi connectivity index (χ4n) is 4.75. The molecule has 2 saturated heterocycles. The molecule has 0 bridgehead atoms. The summed E-state index contributed by atoms with van der Waals surface area (Å²) in [5, 5.41) is 15.1. The van der Waals surface area contributed by atoms with E-state index < -0.39 is 11.6 Å². The number of hydrogen-bond donors (Lipinski definition) is 2. The molecule has 2 aliphatic heterocycles. The van der Waals surface area contributed by atoms with E-state index in [1.807, 2.05) is 6.20 Å². The molecule has 5 rings (SSSR count). The minimum absolute atomic E-state index is 0.0833. The molecule has 0 saturated carbocycles. The van der Waals surface area contributed by atoms with Crippen LogP contribution in [-0.4, -0.2) is 46.0 Å². The first-order chi connectivity index (χ1) is 16.0. The molecule has 2 aliphatic rings. The molecule has 0 spiro atoms. The molecule has 1 aromatic carbocycles. The van der Waals surface area contributed by atoms with E-state index in [4.69, 9.17) is 5.41 Å². The summed E-state index contributed by atoms with van der Waals surface area (Å²) < 4.78 is 28.4. The van der Waals surface area contributed by atoms with E-state index in [2.05, 4.69) is 27.4 Å². The van der Waals surface area contributed by atoms with Gasteiger partial charge in [0.15, 0.2) is 11.6 Å². The SMILES string of the molecule is N=C1NC(=O)CCN1c1cnn2ccc(CC3CCN(Cc4ccc(F)c(F)c4)CC3)cc12. The highest BCUT2D eigenvalue weighted by molar-refractivity contribution is 6.08. The number of carbonyl (C=O) groups is 1. The van der Waals surface area contributed by atoms with Crippen molar-refractivity contribution in [3.05, 3.63) is 65.5 Å². The second kappa shape index (κ2) is 8.90. The maximum Gasteiger partial charge on any atom is 0.228 e. The molecule has 2 N–H and O–H groups in total. The van der Waals surface area contributed by atoms with Gasteiger partial charge in [-0.25, -0.2) is 13.3 Å². The van der Waals surface area contributed by atoms with Crippen LogP contribution in [0, 0.1) is 23.0 Å². The number of carbonyl (C=O) groups excluding carboxylic acids is 1. The maximum absolute atomic E-state index is 13.5. The van der Waals surface area contributed by atoms with Gasteiger partial charge in [0.25, 0.3) is 0 Å². The van der Waals surface area contributed by atoms with Crippen molar-refractivity contribution in [2.24, 2.45) is 5.92 Å². The molecular formula is C24H26F2N6O. The van der Waals surface area contributed by atoms with Gasteiger partial charge in [0.2, 0.25) is 11.9 Å². The molecule has 4 heterocycles. The molecule has 172 valence electrons. The normalized spacial score (nSPS) is 18.2. The molecule has 0 radical (unpaired) electrons. The average Bonchev–Trinajstić information content (AvgIpc) is 3.21. The van der Waals surface area contributed by atoms with Gasteiger partial charge in [0.05, 0.1) is 17.4 Å². The Morgan fingerprint density at radius 2 is 1.88 bits per heavy atom. The van der Waals surface area contributed by atoms with Crippen molar-refractivity contribution in [3.8, 4) is 0 Å². The number of pyridine rings is 1. The number of nitrogens with one attached hydrogen (secondary N) is 2. The summed E-state index contributed by atoms with van der Waals surface area (Å²) in [6.45, 7) is 2.95. The monoisotopic (exact) mass is 452 g/mol. The number of rotatable bonds is 5. The predicted octanol–water partition coefficient (Wildman–Crippen LogP) is 3.33. The van der Waals surface area contributed by atoms with Gasteiger partial charge in [0, 0.05) is 25.7 Å². The van der Waals surface area contributed by atoms with Gasteiger partial charge in [0.1, 0.15) is 0 Å². The lowest BCUT2D eigenvalue weighted by molar-refractivity contribution is -0.119. The molecule has 0 unspecified atom stereocenters. The van der Waals surface area contributed by atoms with E-state index in [9.17, 15) is 13.6 Å². The van der Waals surface area contributed by atoms with Gasteiger partial charge in [-0.15, -0.1) is 0 Å². The number of likely N-dealkylation sites (tertiary alicyclic amines) is 1. The summed E-state index contributed by atoms with van der Waals surface area (Å²) in [6.07, 6.45) is 7.07. The Balaban J connectivity index is 1.22.